The van der Waals surface area contributed by atoms with Gasteiger partial charge in [-0.15, -0.1) is 10.2 Å². The van der Waals surface area contributed by atoms with E-state index in [2.05, 4.69) is 31.3 Å². The molecule has 1 atom stereocenters. The highest BCUT2D eigenvalue weighted by molar-refractivity contribution is 6.08. The average Bonchev–Trinajstić information content (AvgIpc) is 3.09. The molecule has 0 bridgehead atoms. The Kier molecular flexibility index (Phi) is 3.14. The fourth-order valence-corrected chi connectivity index (χ4v) is 2.00. The van der Waals surface area contributed by atoms with Crippen molar-refractivity contribution in [2.45, 2.75) is 12.5 Å². The van der Waals surface area contributed by atoms with Gasteiger partial charge in [-0.2, -0.15) is 5.21 Å². The summed E-state index contributed by atoms with van der Waals surface area (Å²) in [7, 11) is 0. The maximum atomic E-state index is 12.1. The molecule has 0 spiro atoms. The number of benzene rings is 1. The Balaban J connectivity index is 1.78. The topological polar surface area (TPSA) is 130 Å². The zero-order chi connectivity index (χ0) is 14.8. The maximum Gasteiger partial charge on any atom is 0.251 e. The van der Waals surface area contributed by atoms with Crippen molar-refractivity contribution in [2.24, 2.45) is 0 Å². The first-order valence-corrected chi connectivity index (χ1v) is 6.12. The zero-order valence-electron chi connectivity index (χ0n) is 10.7. The summed E-state index contributed by atoms with van der Waals surface area (Å²) in [5.41, 5.74) is 0.952. The first-order chi connectivity index (χ1) is 10.1. The molecule has 1 aliphatic rings. The first kappa shape index (κ1) is 12.9. The molecular weight excluding hydrogens is 276 g/mol. The van der Waals surface area contributed by atoms with Gasteiger partial charge in [0.05, 0.1) is 6.42 Å². The van der Waals surface area contributed by atoms with Crippen LogP contribution in [0.25, 0.3) is 11.4 Å². The molecule has 3 N–H and O–H groups in total. The Labute approximate surface area is 118 Å². The lowest BCUT2D eigenvalue weighted by Gasteiger charge is -2.09. The number of imide groups is 1. The molecule has 1 aromatic heterocycles. The van der Waals surface area contributed by atoms with Crippen LogP contribution in [-0.2, 0) is 9.59 Å². The molecule has 2 aromatic rings. The number of nitrogens with zero attached hydrogens (tertiary/aromatic N) is 3. The second-order valence-electron chi connectivity index (χ2n) is 4.46. The summed E-state index contributed by atoms with van der Waals surface area (Å²) in [6.07, 6.45) is -0.0465. The molecule has 1 fully saturated rings. The van der Waals surface area contributed by atoms with Crippen LogP contribution in [0.1, 0.15) is 16.8 Å². The molecule has 21 heavy (non-hydrogen) atoms. The summed E-state index contributed by atoms with van der Waals surface area (Å²) in [5, 5.41) is 18.1. The molecule has 9 nitrogen and oxygen atoms in total. The number of hydrogen-bond acceptors (Lipinski definition) is 6. The lowest BCUT2D eigenvalue weighted by Crippen LogP contribution is -2.40. The normalized spacial score (nSPS) is 17.6. The number of amides is 3. The van der Waals surface area contributed by atoms with E-state index in [1.807, 2.05) is 0 Å². The van der Waals surface area contributed by atoms with Crippen molar-refractivity contribution in [3.63, 3.8) is 0 Å². The summed E-state index contributed by atoms with van der Waals surface area (Å²) < 4.78 is 0. The Hall–Kier alpha value is -3.10. The minimum Gasteiger partial charge on any atom is -0.340 e. The number of aromatic amines is 1. The lowest BCUT2D eigenvalue weighted by atomic mass is 10.1. The SMILES string of the molecule is O=C1CC(NC(=O)c2cccc(-c3nn[nH]n3)c2)C(=O)N1. The first-order valence-electron chi connectivity index (χ1n) is 6.12. The zero-order valence-corrected chi connectivity index (χ0v) is 10.7. The van der Waals surface area contributed by atoms with Gasteiger partial charge in [-0.3, -0.25) is 19.7 Å². The highest BCUT2D eigenvalue weighted by Crippen LogP contribution is 2.15. The summed E-state index contributed by atoms with van der Waals surface area (Å²) in [4.78, 5) is 34.6. The van der Waals surface area contributed by atoms with Crippen LogP contribution in [0.2, 0.25) is 0 Å². The van der Waals surface area contributed by atoms with Gasteiger partial charge in [-0.25, -0.2) is 0 Å². The average molecular weight is 286 g/mol. The summed E-state index contributed by atoms with van der Waals surface area (Å²) in [6, 6.07) is 5.73. The summed E-state index contributed by atoms with van der Waals surface area (Å²) in [6.45, 7) is 0. The minimum absolute atomic E-state index is 0.0465. The molecule has 3 rings (SSSR count). The van der Waals surface area contributed by atoms with Crippen LogP contribution in [0.15, 0.2) is 24.3 Å². The summed E-state index contributed by atoms with van der Waals surface area (Å²) in [5.74, 6) is -0.984. The van der Waals surface area contributed by atoms with Gasteiger partial charge in [0.15, 0.2) is 0 Å². The van der Waals surface area contributed by atoms with Crippen molar-refractivity contribution in [1.29, 1.82) is 0 Å². The Morgan fingerprint density at radius 2 is 2.19 bits per heavy atom. The van der Waals surface area contributed by atoms with Crippen molar-refractivity contribution in [3.05, 3.63) is 29.8 Å². The predicted molar refractivity (Wildman–Crippen MR) is 68.6 cm³/mol. The van der Waals surface area contributed by atoms with E-state index in [4.69, 9.17) is 0 Å². The van der Waals surface area contributed by atoms with Crippen LogP contribution >= 0.6 is 0 Å². The molecule has 106 valence electrons. The number of aromatic nitrogens is 4. The third-order valence-electron chi connectivity index (χ3n) is 3.00. The van der Waals surface area contributed by atoms with Crippen molar-refractivity contribution in [1.82, 2.24) is 31.3 Å². The third kappa shape index (κ3) is 2.61. The molecule has 1 aromatic carbocycles. The molecule has 2 heterocycles. The van der Waals surface area contributed by atoms with Gasteiger partial charge < -0.3 is 5.32 Å². The van der Waals surface area contributed by atoms with E-state index in [9.17, 15) is 14.4 Å². The van der Waals surface area contributed by atoms with Crippen LogP contribution < -0.4 is 10.6 Å². The van der Waals surface area contributed by atoms with Crippen LogP contribution in [0.3, 0.4) is 0 Å². The molecule has 1 saturated heterocycles. The molecule has 0 aliphatic carbocycles. The lowest BCUT2D eigenvalue weighted by molar-refractivity contribution is -0.125. The number of tetrazole rings is 1. The van der Waals surface area contributed by atoms with E-state index in [1.165, 1.54) is 0 Å². The summed E-state index contributed by atoms with van der Waals surface area (Å²) >= 11 is 0. The van der Waals surface area contributed by atoms with Crippen LogP contribution in [0.5, 0.6) is 0 Å². The standard InChI is InChI=1S/C12H10N6O3/c19-9-5-8(12(21)14-9)13-11(20)7-3-1-2-6(4-7)10-15-17-18-16-10/h1-4,8H,5H2,(H,13,20)(H,14,19,21)(H,15,16,17,18). The number of nitrogens with one attached hydrogen (secondary N) is 3. The Morgan fingerprint density at radius 3 is 2.86 bits per heavy atom. The largest absolute Gasteiger partial charge is 0.340 e. The van der Waals surface area contributed by atoms with E-state index in [1.54, 1.807) is 24.3 Å². The second kappa shape index (κ2) is 5.12. The Bertz CT molecular complexity index is 712. The number of carbonyl (C=O) groups is 3. The molecule has 1 unspecified atom stereocenters. The molecule has 0 saturated carbocycles. The van der Waals surface area contributed by atoms with Crippen molar-refractivity contribution < 1.29 is 14.4 Å². The van der Waals surface area contributed by atoms with Gasteiger partial charge in [0, 0.05) is 11.1 Å². The highest BCUT2D eigenvalue weighted by Gasteiger charge is 2.31. The number of rotatable bonds is 3. The maximum absolute atomic E-state index is 12.1. The smallest absolute Gasteiger partial charge is 0.251 e. The van der Waals surface area contributed by atoms with Crippen LogP contribution in [-0.4, -0.2) is 44.4 Å². The van der Waals surface area contributed by atoms with E-state index < -0.39 is 23.8 Å². The monoisotopic (exact) mass is 286 g/mol. The van der Waals surface area contributed by atoms with Gasteiger partial charge in [0.2, 0.25) is 17.6 Å². The van der Waals surface area contributed by atoms with Gasteiger partial charge in [-0.1, -0.05) is 12.1 Å². The van der Waals surface area contributed by atoms with Crippen molar-refractivity contribution >= 4 is 17.7 Å². The third-order valence-corrected chi connectivity index (χ3v) is 3.00. The van der Waals surface area contributed by atoms with Crippen molar-refractivity contribution in [3.8, 4) is 11.4 Å². The van der Waals surface area contributed by atoms with E-state index in [-0.39, 0.29) is 6.42 Å². The minimum atomic E-state index is -0.834. The van der Waals surface area contributed by atoms with E-state index >= 15 is 0 Å². The molecule has 0 radical (unpaired) electrons. The number of H-pyrrole nitrogens is 1. The van der Waals surface area contributed by atoms with Crippen LogP contribution in [0, 0.1) is 0 Å². The molecule has 3 amide bonds. The van der Waals surface area contributed by atoms with Crippen LogP contribution in [0.4, 0.5) is 0 Å². The highest BCUT2D eigenvalue weighted by atomic mass is 16.2. The number of hydrogen-bond donors (Lipinski definition) is 3. The van der Waals surface area contributed by atoms with E-state index in [0.717, 1.165) is 0 Å². The van der Waals surface area contributed by atoms with Gasteiger partial charge in [0.25, 0.3) is 5.91 Å². The Morgan fingerprint density at radius 1 is 1.33 bits per heavy atom. The van der Waals surface area contributed by atoms with Gasteiger partial charge in [-0.05, 0) is 17.3 Å². The van der Waals surface area contributed by atoms with Crippen molar-refractivity contribution in [2.75, 3.05) is 0 Å². The second-order valence-corrected chi connectivity index (χ2v) is 4.46. The molecule has 1 aliphatic heterocycles. The predicted octanol–water partition coefficient (Wildman–Crippen LogP) is -0.988. The quantitative estimate of drug-likeness (QED) is 0.621. The number of carbonyl (C=O) groups excluding carboxylic acids is 3. The fourth-order valence-electron chi connectivity index (χ4n) is 2.00. The van der Waals surface area contributed by atoms with Gasteiger partial charge >= 0.3 is 0 Å². The molecular formula is C12H10N6O3. The van der Waals surface area contributed by atoms with E-state index in [0.29, 0.717) is 17.0 Å². The van der Waals surface area contributed by atoms with Gasteiger partial charge in [0.1, 0.15) is 6.04 Å². The fraction of sp³-hybridized carbons (Fsp3) is 0.167. The molecule has 9 heteroatoms.